The van der Waals surface area contributed by atoms with E-state index in [4.69, 9.17) is 4.74 Å². The molecule has 2 bridgehead atoms. The SMILES string of the molecule is Cc1cc(C)cc(CC(=O)C2C3C=CC4(O3)C2C(=O)N(Cc2ccccc2C)C4C(=O)CC2CCCCC2)c1. The number of ketones is 2. The van der Waals surface area contributed by atoms with Crippen LogP contribution in [0.2, 0.25) is 0 Å². The summed E-state index contributed by atoms with van der Waals surface area (Å²) in [6.07, 6.45) is 9.85. The van der Waals surface area contributed by atoms with Gasteiger partial charge in [-0.1, -0.05) is 97.8 Å². The lowest BCUT2D eigenvalue weighted by Crippen LogP contribution is -2.50. The summed E-state index contributed by atoms with van der Waals surface area (Å²) in [4.78, 5) is 44.0. The Balaban J connectivity index is 1.34. The van der Waals surface area contributed by atoms with E-state index in [2.05, 4.69) is 6.07 Å². The number of nitrogens with zero attached hydrogens (tertiary/aromatic N) is 1. The minimum atomic E-state index is -1.06. The summed E-state index contributed by atoms with van der Waals surface area (Å²) in [6.45, 7) is 6.45. The molecular weight excluding hydrogens is 486 g/mol. The third kappa shape index (κ3) is 4.59. The fourth-order valence-corrected chi connectivity index (χ4v) is 7.83. The molecule has 39 heavy (non-hydrogen) atoms. The van der Waals surface area contributed by atoms with Crippen molar-refractivity contribution in [3.05, 3.63) is 82.4 Å². The third-order valence-electron chi connectivity index (χ3n) is 9.53. The highest BCUT2D eigenvalue weighted by Gasteiger charge is 2.72. The van der Waals surface area contributed by atoms with Gasteiger partial charge in [0.25, 0.3) is 0 Å². The summed E-state index contributed by atoms with van der Waals surface area (Å²) >= 11 is 0. The van der Waals surface area contributed by atoms with E-state index >= 15 is 0 Å². The van der Waals surface area contributed by atoms with Crippen LogP contribution in [0.25, 0.3) is 0 Å². The summed E-state index contributed by atoms with van der Waals surface area (Å²) in [6, 6.07) is 13.5. The number of hydrogen-bond donors (Lipinski definition) is 0. The molecule has 5 atom stereocenters. The van der Waals surface area contributed by atoms with Gasteiger partial charge in [-0.2, -0.15) is 0 Å². The van der Waals surface area contributed by atoms with Gasteiger partial charge in [0.2, 0.25) is 5.91 Å². The van der Waals surface area contributed by atoms with Crippen LogP contribution in [0.1, 0.15) is 66.3 Å². The van der Waals surface area contributed by atoms with Crippen LogP contribution in [0.4, 0.5) is 0 Å². The largest absolute Gasteiger partial charge is 0.359 e. The van der Waals surface area contributed by atoms with Gasteiger partial charge < -0.3 is 9.64 Å². The van der Waals surface area contributed by atoms with Gasteiger partial charge in [-0.25, -0.2) is 0 Å². The number of likely N-dealkylation sites (tertiary alicyclic amines) is 1. The maximum atomic E-state index is 14.3. The van der Waals surface area contributed by atoms with Crippen molar-refractivity contribution in [1.29, 1.82) is 0 Å². The van der Waals surface area contributed by atoms with Gasteiger partial charge in [-0.05, 0) is 43.4 Å². The number of rotatable bonds is 8. The number of ether oxygens (including phenoxy) is 1. The van der Waals surface area contributed by atoms with Crippen LogP contribution < -0.4 is 0 Å². The first-order valence-corrected chi connectivity index (χ1v) is 14.6. The van der Waals surface area contributed by atoms with Crippen molar-refractivity contribution < 1.29 is 19.1 Å². The first-order chi connectivity index (χ1) is 18.8. The molecule has 1 amide bonds. The summed E-state index contributed by atoms with van der Waals surface area (Å²) in [5, 5.41) is 0. The Morgan fingerprint density at radius 2 is 1.69 bits per heavy atom. The number of benzene rings is 2. The van der Waals surface area contributed by atoms with Crippen LogP contribution in [-0.4, -0.2) is 40.1 Å². The van der Waals surface area contributed by atoms with Crippen LogP contribution in [0.3, 0.4) is 0 Å². The van der Waals surface area contributed by atoms with Crippen molar-refractivity contribution in [2.24, 2.45) is 17.8 Å². The van der Waals surface area contributed by atoms with Crippen molar-refractivity contribution >= 4 is 17.5 Å². The number of carbonyl (C=O) groups excluding carboxylic acids is 3. The van der Waals surface area contributed by atoms with Gasteiger partial charge in [0.1, 0.15) is 17.4 Å². The van der Waals surface area contributed by atoms with Gasteiger partial charge in [-0.3, -0.25) is 14.4 Å². The third-order valence-corrected chi connectivity index (χ3v) is 9.53. The number of fused-ring (bicyclic) bond motifs is 1. The molecule has 0 radical (unpaired) electrons. The lowest BCUT2D eigenvalue weighted by Gasteiger charge is -2.34. The van der Waals surface area contributed by atoms with Crippen LogP contribution in [0.5, 0.6) is 0 Å². The van der Waals surface area contributed by atoms with Crippen molar-refractivity contribution in [2.75, 3.05) is 0 Å². The zero-order valence-electron chi connectivity index (χ0n) is 23.3. The molecule has 1 spiro atoms. The Kier molecular flexibility index (Phi) is 6.83. The van der Waals surface area contributed by atoms with E-state index in [0.717, 1.165) is 53.5 Å². The maximum absolute atomic E-state index is 14.3. The number of carbonyl (C=O) groups is 3. The standard InChI is InChI=1S/C34H39NO4/c1-21-15-22(2)17-25(16-21)19-27(36)30-29-13-14-34(39-29)31(30)33(38)35(20-26-12-8-7-9-23(26)3)32(34)28(37)18-24-10-5-4-6-11-24/h7-9,12-17,24,29-32H,4-6,10-11,18-20H2,1-3H3. The molecule has 1 aliphatic carbocycles. The van der Waals surface area contributed by atoms with Crippen LogP contribution >= 0.6 is 0 Å². The summed E-state index contributed by atoms with van der Waals surface area (Å²) in [5.41, 5.74) is 4.25. The van der Waals surface area contributed by atoms with E-state index in [1.807, 2.05) is 69.3 Å². The summed E-state index contributed by atoms with van der Waals surface area (Å²) in [7, 11) is 0. The number of Topliss-reactive ketones (excluding diaryl/α,β-unsaturated/α-hetero) is 2. The monoisotopic (exact) mass is 525 g/mol. The van der Waals surface area contributed by atoms with Crippen LogP contribution in [-0.2, 0) is 32.1 Å². The van der Waals surface area contributed by atoms with Crippen molar-refractivity contribution in [2.45, 2.75) is 90.0 Å². The van der Waals surface area contributed by atoms with Crippen molar-refractivity contribution in [1.82, 2.24) is 4.90 Å². The molecule has 2 aromatic carbocycles. The topological polar surface area (TPSA) is 63.7 Å². The molecule has 5 heteroatoms. The average Bonchev–Trinajstić information content (AvgIpc) is 3.53. The molecule has 3 heterocycles. The van der Waals surface area contributed by atoms with E-state index < -0.39 is 29.6 Å². The average molecular weight is 526 g/mol. The van der Waals surface area contributed by atoms with E-state index in [0.29, 0.717) is 18.9 Å². The summed E-state index contributed by atoms with van der Waals surface area (Å²) < 4.78 is 6.58. The van der Waals surface area contributed by atoms with Gasteiger partial charge in [-0.15, -0.1) is 0 Å². The molecule has 0 aromatic heterocycles. The maximum Gasteiger partial charge on any atom is 0.230 e. The normalized spacial score (nSPS) is 29.7. The molecular formula is C34H39NO4. The highest BCUT2D eigenvalue weighted by atomic mass is 16.5. The van der Waals surface area contributed by atoms with Gasteiger partial charge >= 0.3 is 0 Å². The van der Waals surface area contributed by atoms with Crippen LogP contribution in [0, 0.1) is 38.5 Å². The first-order valence-electron chi connectivity index (χ1n) is 14.6. The molecule has 2 aromatic rings. The quantitative estimate of drug-likeness (QED) is 0.420. The molecule has 1 saturated carbocycles. The van der Waals surface area contributed by atoms with E-state index in [1.165, 1.54) is 6.42 Å². The van der Waals surface area contributed by atoms with Gasteiger partial charge in [0.15, 0.2) is 5.78 Å². The second-order valence-electron chi connectivity index (χ2n) is 12.4. The molecule has 4 aliphatic rings. The minimum absolute atomic E-state index is 0.0193. The Bertz CT molecular complexity index is 1320. The molecule has 2 saturated heterocycles. The number of amides is 1. The number of aryl methyl sites for hydroxylation is 3. The molecule has 5 unspecified atom stereocenters. The van der Waals surface area contributed by atoms with Crippen molar-refractivity contribution in [3.63, 3.8) is 0 Å². The smallest absolute Gasteiger partial charge is 0.230 e. The Labute approximate surface area is 231 Å². The zero-order valence-corrected chi connectivity index (χ0v) is 23.3. The lowest BCUT2D eigenvalue weighted by atomic mass is 9.71. The molecule has 6 rings (SSSR count). The van der Waals surface area contributed by atoms with E-state index in [9.17, 15) is 14.4 Å². The number of hydrogen-bond acceptors (Lipinski definition) is 4. The molecule has 204 valence electrons. The van der Waals surface area contributed by atoms with Crippen LogP contribution in [0.15, 0.2) is 54.6 Å². The fourth-order valence-electron chi connectivity index (χ4n) is 7.83. The molecule has 0 N–H and O–H groups in total. The summed E-state index contributed by atoms with van der Waals surface area (Å²) in [5.74, 6) is -0.886. The molecule has 3 fully saturated rings. The highest BCUT2D eigenvalue weighted by Crippen LogP contribution is 2.56. The first kappa shape index (κ1) is 26.2. The lowest BCUT2D eigenvalue weighted by molar-refractivity contribution is -0.141. The Morgan fingerprint density at radius 3 is 2.41 bits per heavy atom. The highest BCUT2D eigenvalue weighted by molar-refractivity contribution is 6.01. The fraction of sp³-hybridized carbons (Fsp3) is 0.500. The minimum Gasteiger partial charge on any atom is -0.359 e. The van der Waals surface area contributed by atoms with Gasteiger partial charge in [0, 0.05) is 19.4 Å². The Morgan fingerprint density at radius 1 is 0.974 bits per heavy atom. The predicted molar refractivity (Wildman–Crippen MR) is 150 cm³/mol. The molecule has 3 aliphatic heterocycles. The predicted octanol–water partition coefficient (Wildman–Crippen LogP) is 5.61. The van der Waals surface area contributed by atoms with Crippen molar-refractivity contribution in [3.8, 4) is 0 Å². The second-order valence-corrected chi connectivity index (χ2v) is 12.4. The van der Waals surface area contributed by atoms with Gasteiger partial charge in [0.05, 0.1) is 17.9 Å². The zero-order chi connectivity index (χ0) is 27.3. The second kappa shape index (κ2) is 10.2. The van der Waals surface area contributed by atoms with E-state index in [1.54, 1.807) is 4.90 Å². The Hall–Kier alpha value is -3.05. The van der Waals surface area contributed by atoms with E-state index in [-0.39, 0.29) is 23.9 Å². The molecule has 5 nitrogen and oxygen atoms in total.